The molecule has 0 saturated carbocycles. The number of carbonyl (C=O) groups is 1. The molecule has 0 atom stereocenters. The van der Waals surface area contributed by atoms with Gasteiger partial charge in [0.25, 0.3) is 5.91 Å². The molecule has 26 heavy (non-hydrogen) atoms. The minimum absolute atomic E-state index is 0.0164. The van der Waals surface area contributed by atoms with E-state index in [0.29, 0.717) is 22.6 Å². The second kappa shape index (κ2) is 9.78. The van der Waals surface area contributed by atoms with E-state index >= 15 is 0 Å². The van der Waals surface area contributed by atoms with E-state index in [1.807, 2.05) is 53.9 Å². The Labute approximate surface area is 163 Å². The summed E-state index contributed by atoms with van der Waals surface area (Å²) in [6, 6.07) is 16.0. The van der Waals surface area contributed by atoms with E-state index in [9.17, 15) is 4.79 Å². The normalized spacial score (nSPS) is 14.2. The highest BCUT2D eigenvalue weighted by Crippen LogP contribution is 2.46. The van der Waals surface area contributed by atoms with E-state index in [1.54, 1.807) is 7.11 Å². The molecule has 0 unspecified atom stereocenters. The SMILES string of the molecule is COc1cc(C2SCCS2)ccc1OCC(=O)NCCc1ccccc1. The van der Waals surface area contributed by atoms with Crippen molar-refractivity contribution >= 4 is 29.4 Å². The molecule has 1 aliphatic rings. The van der Waals surface area contributed by atoms with E-state index < -0.39 is 0 Å². The van der Waals surface area contributed by atoms with Crippen LogP contribution in [0.1, 0.15) is 15.7 Å². The van der Waals surface area contributed by atoms with Crippen LogP contribution in [-0.2, 0) is 11.2 Å². The lowest BCUT2D eigenvalue weighted by Gasteiger charge is -2.14. The molecule has 1 aliphatic heterocycles. The molecule has 0 bridgehead atoms. The molecule has 1 saturated heterocycles. The van der Waals surface area contributed by atoms with Crippen LogP contribution in [-0.4, -0.2) is 37.7 Å². The third-order valence-corrected chi connectivity index (χ3v) is 7.12. The first-order valence-electron chi connectivity index (χ1n) is 8.61. The van der Waals surface area contributed by atoms with Gasteiger partial charge in [0.2, 0.25) is 0 Å². The molecule has 0 spiro atoms. The standard InChI is InChI=1S/C20H23NO3S2/c1-23-18-13-16(20-25-11-12-26-20)7-8-17(18)24-14-19(22)21-10-9-15-5-3-2-4-6-15/h2-8,13,20H,9-12,14H2,1H3,(H,21,22). The number of nitrogens with one attached hydrogen (secondary N) is 1. The van der Waals surface area contributed by atoms with Crippen LogP contribution in [0.25, 0.3) is 0 Å². The molecule has 1 heterocycles. The van der Waals surface area contributed by atoms with Crippen LogP contribution in [0.15, 0.2) is 48.5 Å². The number of ether oxygens (including phenoxy) is 2. The van der Waals surface area contributed by atoms with Gasteiger partial charge in [-0.05, 0) is 29.7 Å². The van der Waals surface area contributed by atoms with Gasteiger partial charge < -0.3 is 14.8 Å². The van der Waals surface area contributed by atoms with Crippen LogP contribution in [0.2, 0.25) is 0 Å². The number of benzene rings is 2. The molecule has 0 aromatic heterocycles. The fourth-order valence-corrected chi connectivity index (χ4v) is 5.52. The van der Waals surface area contributed by atoms with Crippen LogP contribution < -0.4 is 14.8 Å². The molecule has 3 rings (SSSR count). The highest BCUT2D eigenvalue weighted by Gasteiger charge is 2.20. The number of hydrogen-bond donors (Lipinski definition) is 1. The van der Waals surface area contributed by atoms with Gasteiger partial charge in [-0.2, -0.15) is 0 Å². The molecule has 2 aromatic rings. The average molecular weight is 390 g/mol. The van der Waals surface area contributed by atoms with Gasteiger partial charge >= 0.3 is 0 Å². The topological polar surface area (TPSA) is 47.6 Å². The van der Waals surface area contributed by atoms with Crippen molar-refractivity contribution in [1.82, 2.24) is 5.32 Å². The molecule has 0 radical (unpaired) electrons. The van der Waals surface area contributed by atoms with Crippen LogP contribution in [0, 0.1) is 0 Å². The molecule has 138 valence electrons. The summed E-state index contributed by atoms with van der Waals surface area (Å²) < 4.78 is 11.6. The third kappa shape index (κ3) is 5.35. The molecule has 1 N–H and O–H groups in total. The zero-order chi connectivity index (χ0) is 18.2. The number of methoxy groups -OCH3 is 1. The van der Waals surface area contributed by atoms with Gasteiger partial charge in [-0.3, -0.25) is 4.79 Å². The lowest BCUT2D eigenvalue weighted by Crippen LogP contribution is -2.30. The van der Waals surface area contributed by atoms with Crippen molar-refractivity contribution < 1.29 is 14.3 Å². The summed E-state index contributed by atoms with van der Waals surface area (Å²) in [7, 11) is 1.63. The Hall–Kier alpha value is -1.79. The zero-order valence-corrected chi connectivity index (χ0v) is 16.4. The average Bonchev–Trinajstić information content (AvgIpc) is 3.22. The fourth-order valence-electron chi connectivity index (χ4n) is 2.69. The molecule has 0 aliphatic carbocycles. The fraction of sp³-hybridized carbons (Fsp3) is 0.350. The minimum Gasteiger partial charge on any atom is -0.493 e. The lowest BCUT2D eigenvalue weighted by atomic mass is 10.1. The Balaban J connectivity index is 1.48. The molecule has 4 nitrogen and oxygen atoms in total. The van der Waals surface area contributed by atoms with Gasteiger partial charge in [-0.1, -0.05) is 36.4 Å². The van der Waals surface area contributed by atoms with E-state index in [4.69, 9.17) is 9.47 Å². The number of rotatable bonds is 8. The van der Waals surface area contributed by atoms with E-state index in [-0.39, 0.29) is 12.5 Å². The predicted molar refractivity (Wildman–Crippen MR) is 109 cm³/mol. The number of carbonyl (C=O) groups excluding carboxylic acids is 1. The van der Waals surface area contributed by atoms with Gasteiger partial charge in [0.1, 0.15) is 0 Å². The first-order chi connectivity index (χ1) is 12.8. The van der Waals surface area contributed by atoms with Crippen LogP contribution in [0.3, 0.4) is 0 Å². The van der Waals surface area contributed by atoms with Crippen LogP contribution in [0.5, 0.6) is 11.5 Å². The smallest absolute Gasteiger partial charge is 0.257 e. The first-order valence-corrected chi connectivity index (χ1v) is 10.7. The second-order valence-electron chi connectivity index (χ2n) is 5.86. The zero-order valence-electron chi connectivity index (χ0n) is 14.8. The van der Waals surface area contributed by atoms with Gasteiger partial charge in [0.05, 0.1) is 11.7 Å². The maximum absolute atomic E-state index is 12.0. The number of hydrogen-bond acceptors (Lipinski definition) is 5. The first kappa shape index (κ1) is 19.0. The van der Waals surface area contributed by atoms with Crippen LogP contribution in [0.4, 0.5) is 0 Å². The van der Waals surface area contributed by atoms with Crippen molar-refractivity contribution in [2.75, 3.05) is 31.8 Å². The monoisotopic (exact) mass is 389 g/mol. The molecular weight excluding hydrogens is 366 g/mol. The van der Waals surface area contributed by atoms with Crippen molar-refractivity contribution in [3.63, 3.8) is 0 Å². The number of thioether (sulfide) groups is 2. The van der Waals surface area contributed by atoms with E-state index in [0.717, 1.165) is 6.42 Å². The molecule has 1 fully saturated rings. The van der Waals surface area contributed by atoms with Gasteiger partial charge in [0, 0.05) is 18.1 Å². The molecule has 6 heteroatoms. The Morgan fingerprint density at radius 2 is 1.88 bits per heavy atom. The van der Waals surface area contributed by atoms with E-state index in [1.165, 1.54) is 22.6 Å². The predicted octanol–water partition coefficient (Wildman–Crippen LogP) is 3.91. The Morgan fingerprint density at radius 3 is 2.62 bits per heavy atom. The molecule has 1 amide bonds. The summed E-state index contributed by atoms with van der Waals surface area (Å²) in [6.45, 7) is 0.579. The highest BCUT2D eigenvalue weighted by atomic mass is 32.2. The number of amides is 1. The van der Waals surface area contributed by atoms with Crippen molar-refractivity contribution in [3.8, 4) is 11.5 Å². The summed E-state index contributed by atoms with van der Waals surface area (Å²) in [4.78, 5) is 12.0. The Bertz CT molecular complexity index is 718. The Kier molecular flexibility index (Phi) is 7.14. The summed E-state index contributed by atoms with van der Waals surface area (Å²) in [5.74, 6) is 3.50. The lowest BCUT2D eigenvalue weighted by molar-refractivity contribution is -0.123. The van der Waals surface area contributed by atoms with Crippen molar-refractivity contribution in [2.45, 2.75) is 11.0 Å². The maximum atomic E-state index is 12.0. The second-order valence-corrected chi connectivity index (χ2v) is 8.58. The summed E-state index contributed by atoms with van der Waals surface area (Å²) in [6.07, 6.45) is 0.807. The highest BCUT2D eigenvalue weighted by molar-refractivity contribution is 8.19. The maximum Gasteiger partial charge on any atom is 0.257 e. The van der Waals surface area contributed by atoms with Gasteiger partial charge in [-0.25, -0.2) is 0 Å². The largest absolute Gasteiger partial charge is 0.493 e. The minimum atomic E-state index is -0.131. The Morgan fingerprint density at radius 1 is 1.12 bits per heavy atom. The van der Waals surface area contributed by atoms with Crippen molar-refractivity contribution in [1.29, 1.82) is 0 Å². The molecule has 2 aromatic carbocycles. The van der Waals surface area contributed by atoms with Gasteiger partial charge in [-0.15, -0.1) is 23.5 Å². The third-order valence-electron chi connectivity index (χ3n) is 4.02. The quantitative estimate of drug-likeness (QED) is 0.742. The van der Waals surface area contributed by atoms with Crippen molar-refractivity contribution in [3.05, 3.63) is 59.7 Å². The van der Waals surface area contributed by atoms with E-state index in [2.05, 4.69) is 23.5 Å². The van der Waals surface area contributed by atoms with Crippen molar-refractivity contribution in [2.24, 2.45) is 0 Å². The summed E-state index contributed by atoms with van der Waals surface area (Å²) in [5, 5.41) is 2.88. The molecular formula is C20H23NO3S2. The summed E-state index contributed by atoms with van der Waals surface area (Å²) in [5.41, 5.74) is 2.43. The van der Waals surface area contributed by atoms with Gasteiger partial charge in [0.15, 0.2) is 18.1 Å². The summed E-state index contributed by atoms with van der Waals surface area (Å²) >= 11 is 3.90. The van der Waals surface area contributed by atoms with Crippen LogP contribution >= 0.6 is 23.5 Å².